The van der Waals surface area contributed by atoms with Gasteiger partial charge in [0.2, 0.25) is 0 Å². The van der Waals surface area contributed by atoms with Crippen LogP contribution in [0.2, 0.25) is 0 Å². The van der Waals surface area contributed by atoms with Gasteiger partial charge < -0.3 is 33.9 Å². The molecule has 9 heteroatoms. The molecule has 6 rings (SSSR count). The topological polar surface area (TPSA) is 121 Å². The van der Waals surface area contributed by atoms with E-state index in [1.807, 2.05) is 36.4 Å². The Labute approximate surface area is 283 Å². The van der Waals surface area contributed by atoms with Gasteiger partial charge in [0.15, 0.2) is 5.79 Å². The van der Waals surface area contributed by atoms with Crippen molar-refractivity contribution >= 4 is 11.9 Å². The molecule has 0 saturated carbocycles. The number of rotatable bonds is 4. The molecule has 260 valence electrons. The highest BCUT2D eigenvalue weighted by atomic mass is 16.7. The first kappa shape index (κ1) is 34.8. The number of hydrogen-bond donors (Lipinski definition) is 2. The normalized spacial score (nSPS) is 41.5. The van der Waals surface area contributed by atoms with Crippen LogP contribution in [0.1, 0.15) is 71.8 Å². The van der Waals surface area contributed by atoms with E-state index in [0.717, 1.165) is 18.4 Å². The average Bonchev–Trinajstić information content (AvgIpc) is 3.38. The van der Waals surface area contributed by atoms with Crippen LogP contribution in [0.4, 0.5) is 0 Å². The molecular formula is C39H50O9. The summed E-state index contributed by atoms with van der Waals surface area (Å²) >= 11 is 0. The van der Waals surface area contributed by atoms with Crippen molar-refractivity contribution < 1.29 is 43.5 Å². The molecule has 1 aromatic rings. The second-order valence-corrected chi connectivity index (χ2v) is 14.6. The second-order valence-electron chi connectivity index (χ2n) is 14.6. The summed E-state index contributed by atoms with van der Waals surface area (Å²) < 4.78 is 31.1. The van der Waals surface area contributed by atoms with Crippen molar-refractivity contribution in [3.8, 4) is 0 Å². The van der Waals surface area contributed by atoms with Gasteiger partial charge in [0.1, 0.15) is 36.4 Å². The maximum atomic E-state index is 14.3. The van der Waals surface area contributed by atoms with Gasteiger partial charge >= 0.3 is 11.9 Å². The summed E-state index contributed by atoms with van der Waals surface area (Å²) in [5.74, 6) is -2.55. The monoisotopic (exact) mass is 662 g/mol. The third kappa shape index (κ3) is 7.41. The lowest BCUT2D eigenvalue weighted by molar-refractivity contribution is -0.332. The predicted octanol–water partition coefficient (Wildman–Crippen LogP) is 5.30. The molecule has 7 unspecified atom stereocenters. The molecule has 3 saturated heterocycles. The molecule has 4 aliphatic heterocycles. The Kier molecular flexibility index (Phi) is 10.4. The fourth-order valence-corrected chi connectivity index (χ4v) is 7.87. The number of esters is 2. The summed E-state index contributed by atoms with van der Waals surface area (Å²) in [6.07, 6.45) is 10.4. The van der Waals surface area contributed by atoms with E-state index < -0.39 is 47.6 Å². The molecular weight excluding hydrogens is 612 g/mol. The smallest absolute Gasteiger partial charge is 0.316 e. The summed E-state index contributed by atoms with van der Waals surface area (Å²) in [5.41, 5.74) is 0.954. The number of carbonyl (C=O) groups excluding carboxylic acids is 2. The number of hydrogen-bond acceptors (Lipinski definition) is 9. The summed E-state index contributed by atoms with van der Waals surface area (Å²) in [4.78, 5) is 27.0. The summed E-state index contributed by atoms with van der Waals surface area (Å²) in [7, 11) is 0. The Morgan fingerprint density at radius 1 is 1.10 bits per heavy atom. The van der Waals surface area contributed by atoms with E-state index in [-0.39, 0.29) is 43.3 Å². The SMILES string of the molecule is C/C1=C\CC2CC(C[C@]3(CCC(C)C(C)O3)O2)OC(=O)C2C=C(COC(=O)Cc3ccccc3)C(O)C3OC/C(=C\C=C\[C@H](C)C1)[C@@]23O. The first-order valence-corrected chi connectivity index (χ1v) is 17.5. The van der Waals surface area contributed by atoms with Crippen LogP contribution in [0, 0.1) is 17.8 Å². The lowest BCUT2D eigenvalue weighted by Gasteiger charge is -2.49. The Balaban J connectivity index is 1.31. The molecule has 1 aliphatic carbocycles. The minimum Gasteiger partial charge on any atom is -0.462 e. The van der Waals surface area contributed by atoms with Gasteiger partial charge in [-0.15, -0.1) is 0 Å². The van der Waals surface area contributed by atoms with E-state index in [0.29, 0.717) is 37.2 Å². The van der Waals surface area contributed by atoms with Crippen LogP contribution in [0.3, 0.4) is 0 Å². The third-order valence-electron chi connectivity index (χ3n) is 10.8. The number of aliphatic hydroxyl groups excluding tert-OH is 1. The van der Waals surface area contributed by atoms with E-state index in [4.69, 9.17) is 23.7 Å². The molecule has 3 fully saturated rings. The minimum atomic E-state index is -1.86. The summed E-state index contributed by atoms with van der Waals surface area (Å²) in [6, 6.07) is 9.23. The first-order valence-electron chi connectivity index (χ1n) is 17.5. The average molecular weight is 663 g/mol. The van der Waals surface area contributed by atoms with E-state index >= 15 is 0 Å². The zero-order valence-electron chi connectivity index (χ0n) is 28.5. The molecule has 5 aliphatic rings. The number of carbonyl (C=O) groups is 2. The minimum absolute atomic E-state index is 0.00338. The fraction of sp³-hybridized carbons (Fsp3) is 0.590. The first-order chi connectivity index (χ1) is 23.0. The van der Waals surface area contributed by atoms with Crippen LogP contribution in [0.5, 0.6) is 0 Å². The zero-order chi connectivity index (χ0) is 34.1. The van der Waals surface area contributed by atoms with Crippen LogP contribution >= 0.6 is 0 Å². The van der Waals surface area contributed by atoms with Crippen molar-refractivity contribution in [3.05, 3.63) is 83.0 Å². The van der Waals surface area contributed by atoms with Crippen molar-refractivity contribution in [1.29, 1.82) is 0 Å². The van der Waals surface area contributed by atoms with Gasteiger partial charge in [0.25, 0.3) is 0 Å². The van der Waals surface area contributed by atoms with E-state index in [1.54, 1.807) is 6.08 Å². The van der Waals surface area contributed by atoms with Gasteiger partial charge in [-0.05, 0) is 61.7 Å². The largest absolute Gasteiger partial charge is 0.462 e. The highest BCUT2D eigenvalue weighted by Gasteiger charge is 2.60. The lowest BCUT2D eigenvalue weighted by Crippen LogP contribution is -2.58. The Morgan fingerprint density at radius 2 is 1.90 bits per heavy atom. The molecule has 0 amide bonds. The number of benzene rings is 1. The van der Waals surface area contributed by atoms with Gasteiger partial charge in [0.05, 0.1) is 25.2 Å². The standard InChI is InChI=1S/C39H50O9/c1-24-9-8-12-30-23-45-36-35(41)29(22-44-34(40)18-28-10-6-5-7-11-28)19-33(39(30,36)43)37(42)46-32-20-31(14-13-25(2)17-24)48-38(21-32)16-15-26(3)27(4)47-38/h5-13,19,24,26-27,31-33,35-36,41,43H,14-18,20-23H2,1-4H3/b9-8+,25-13+,30-12+/t24-,26?,27?,31?,32?,33?,35?,36?,38-,39+/m0/s1. The number of allylic oxidation sites excluding steroid dienone is 4. The molecule has 48 heavy (non-hydrogen) atoms. The number of aliphatic hydroxyl groups is 2. The van der Waals surface area contributed by atoms with E-state index in [1.165, 1.54) is 11.6 Å². The van der Waals surface area contributed by atoms with E-state index in [2.05, 4.69) is 39.8 Å². The highest BCUT2D eigenvalue weighted by Crippen LogP contribution is 2.47. The molecule has 9 nitrogen and oxygen atoms in total. The van der Waals surface area contributed by atoms with Crippen molar-refractivity contribution in [1.82, 2.24) is 0 Å². The Morgan fingerprint density at radius 3 is 2.67 bits per heavy atom. The van der Waals surface area contributed by atoms with Crippen molar-refractivity contribution in [2.75, 3.05) is 13.2 Å². The number of fused-ring (bicyclic) bond motifs is 2. The van der Waals surface area contributed by atoms with Crippen LogP contribution in [0.25, 0.3) is 0 Å². The summed E-state index contributed by atoms with van der Waals surface area (Å²) in [6.45, 7) is 8.28. The molecule has 2 N–H and O–H groups in total. The third-order valence-corrected chi connectivity index (χ3v) is 10.8. The summed E-state index contributed by atoms with van der Waals surface area (Å²) in [5, 5.41) is 23.8. The van der Waals surface area contributed by atoms with Crippen LogP contribution in [0.15, 0.2) is 77.4 Å². The maximum absolute atomic E-state index is 14.3. The molecule has 0 radical (unpaired) electrons. The van der Waals surface area contributed by atoms with Gasteiger partial charge in [-0.2, -0.15) is 0 Å². The maximum Gasteiger partial charge on any atom is 0.316 e. The van der Waals surface area contributed by atoms with Crippen molar-refractivity contribution in [2.24, 2.45) is 17.8 Å². The molecule has 2 bridgehead atoms. The van der Waals surface area contributed by atoms with Crippen molar-refractivity contribution in [3.63, 3.8) is 0 Å². The van der Waals surface area contributed by atoms with Gasteiger partial charge in [0, 0.05) is 19.3 Å². The highest BCUT2D eigenvalue weighted by molar-refractivity contribution is 5.79. The fourth-order valence-electron chi connectivity index (χ4n) is 7.87. The molecule has 0 aromatic heterocycles. The molecule has 10 atom stereocenters. The molecule has 1 aromatic carbocycles. The lowest BCUT2D eigenvalue weighted by atomic mass is 9.70. The van der Waals surface area contributed by atoms with Crippen LogP contribution < -0.4 is 0 Å². The Hall–Kier alpha value is -3.08. The zero-order valence-corrected chi connectivity index (χ0v) is 28.5. The van der Waals surface area contributed by atoms with Gasteiger partial charge in [-0.3, -0.25) is 9.59 Å². The van der Waals surface area contributed by atoms with E-state index in [9.17, 15) is 19.8 Å². The molecule has 4 heterocycles. The number of ether oxygens (including phenoxy) is 5. The molecule has 1 spiro atoms. The predicted molar refractivity (Wildman–Crippen MR) is 178 cm³/mol. The van der Waals surface area contributed by atoms with Crippen LogP contribution in [-0.4, -0.2) is 77.3 Å². The van der Waals surface area contributed by atoms with Crippen LogP contribution in [-0.2, 0) is 39.7 Å². The van der Waals surface area contributed by atoms with Gasteiger partial charge in [-0.1, -0.05) is 80.1 Å². The van der Waals surface area contributed by atoms with Crippen molar-refractivity contribution in [2.45, 2.75) is 115 Å². The van der Waals surface area contributed by atoms with Gasteiger partial charge in [-0.25, -0.2) is 0 Å². The second kappa shape index (κ2) is 14.4. The Bertz CT molecular complexity index is 1460. The quantitative estimate of drug-likeness (QED) is 0.327.